The van der Waals surface area contributed by atoms with Crippen LogP contribution < -0.4 is 10.1 Å². The van der Waals surface area contributed by atoms with Crippen molar-refractivity contribution in [1.82, 2.24) is 5.32 Å². The number of hydrogen-bond acceptors (Lipinski definition) is 5. The van der Waals surface area contributed by atoms with Crippen molar-refractivity contribution in [2.24, 2.45) is 5.92 Å². The van der Waals surface area contributed by atoms with Crippen LogP contribution >= 0.6 is 0 Å². The summed E-state index contributed by atoms with van der Waals surface area (Å²) in [6.45, 7) is 2.20. The molecule has 1 fully saturated rings. The van der Waals surface area contributed by atoms with Gasteiger partial charge in [0, 0.05) is 19.8 Å². The molecule has 0 saturated heterocycles. The number of hydrogen-bond donors (Lipinski definition) is 1. The number of carbonyl (C=O) groups is 1. The van der Waals surface area contributed by atoms with E-state index in [1.165, 1.54) is 12.8 Å². The average molecular weight is 354 g/mol. The van der Waals surface area contributed by atoms with E-state index in [9.17, 15) is 4.79 Å². The van der Waals surface area contributed by atoms with E-state index in [-0.39, 0.29) is 18.3 Å². The number of furan rings is 1. The van der Waals surface area contributed by atoms with Crippen molar-refractivity contribution in [2.45, 2.75) is 25.9 Å². The average Bonchev–Trinajstić information content (AvgIpc) is 3.37. The van der Waals surface area contributed by atoms with Gasteiger partial charge in [0.15, 0.2) is 5.76 Å². The molecule has 1 aromatic carbocycles. The highest BCUT2D eigenvalue weighted by Crippen LogP contribution is 2.28. The van der Waals surface area contributed by atoms with Crippen molar-refractivity contribution in [3.05, 3.63) is 53.5 Å². The van der Waals surface area contributed by atoms with Gasteiger partial charge in [-0.1, -0.05) is 12.1 Å². The third kappa shape index (κ3) is 5.36. The molecular formula is C20H22N2O4. The summed E-state index contributed by atoms with van der Waals surface area (Å²) in [5.41, 5.74) is 0.459. The van der Waals surface area contributed by atoms with E-state index >= 15 is 0 Å². The molecule has 0 radical (unpaired) electrons. The summed E-state index contributed by atoms with van der Waals surface area (Å²) in [4.78, 5) is 12.1. The van der Waals surface area contributed by atoms with Crippen LogP contribution in [0.15, 0.2) is 40.8 Å². The number of nitrogens with one attached hydrogen (secondary N) is 1. The molecule has 26 heavy (non-hydrogen) atoms. The zero-order chi connectivity index (χ0) is 18.2. The summed E-state index contributed by atoms with van der Waals surface area (Å²) in [5, 5.41) is 11.9. The first kappa shape index (κ1) is 18.0. The first-order valence-corrected chi connectivity index (χ1v) is 8.83. The zero-order valence-corrected chi connectivity index (χ0v) is 14.6. The number of rotatable bonds is 10. The van der Waals surface area contributed by atoms with Crippen LogP contribution in [0.5, 0.6) is 5.75 Å². The molecule has 2 aromatic rings. The van der Waals surface area contributed by atoms with Crippen molar-refractivity contribution in [3.63, 3.8) is 0 Å². The maximum atomic E-state index is 12.1. The lowest BCUT2D eigenvalue weighted by atomic mass is 10.2. The molecule has 1 aliphatic carbocycles. The van der Waals surface area contributed by atoms with Gasteiger partial charge in [-0.05, 0) is 49.4 Å². The quantitative estimate of drug-likeness (QED) is 0.662. The summed E-state index contributed by atoms with van der Waals surface area (Å²) < 4.78 is 16.6. The largest absolute Gasteiger partial charge is 0.484 e. The van der Waals surface area contributed by atoms with Gasteiger partial charge >= 0.3 is 0 Å². The maximum absolute atomic E-state index is 12.1. The summed E-state index contributed by atoms with van der Waals surface area (Å²) >= 11 is 0. The van der Waals surface area contributed by atoms with Crippen molar-refractivity contribution in [1.29, 1.82) is 5.26 Å². The minimum Gasteiger partial charge on any atom is -0.484 e. The van der Waals surface area contributed by atoms with Crippen molar-refractivity contribution < 1.29 is 18.7 Å². The molecular weight excluding hydrogens is 332 g/mol. The van der Waals surface area contributed by atoms with Crippen LogP contribution in [0.25, 0.3) is 0 Å². The fraction of sp³-hybridized carbons (Fsp3) is 0.400. The Morgan fingerprint density at radius 2 is 2.12 bits per heavy atom. The predicted molar refractivity (Wildman–Crippen MR) is 94.7 cm³/mol. The van der Waals surface area contributed by atoms with Crippen LogP contribution in [0.2, 0.25) is 0 Å². The number of nitrogens with zero attached hydrogens (tertiary/aromatic N) is 1. The lowest BCUT2D eigenvalue weighted by Gasteiger charge is -2.06. The minimum atomic E-state index is -0.254. The Labute approximate surface area is 152 Å². The Balaban J connectivity index is 1.39. The molecule has 1 heterocycles. The summed E-state index contributed by atoms with van der Waals surface area (Å²) in [7, 11) is 0. The fourth-order valence-corrected chi connectivity index (χ4v) is 2.41. The SMILES string of the molecule is N#Cc1ccccc1OCc1ccc(C(=O)NCCCOCC2CC2)o1. The smallest absolute Gasteiger partial charge is 0.286 e. The number of ether oxygens (including phenoxy) is 2. The van der Waals surface area contributed by atoms with Gasteiger partial charge < -0.3 is 19.2 Å². The number of nitriles is 1. The summed E-state index contributed by atoms with van der Waals surface area (Å²) in [6.07, 6.45) is 3.34. The van der Waals surface area contributed by atoms with Crippen molar-refractivity contribution in [3.8, 4) is 11.8 Å². The van der Waals surface area contributed by atoms with Gasteiger partial charge in [0.2, 0.25) is 0 Å². The van der Waals surface area contributed by atoms with Gasteiger partial charge in [-0.15, -0.1) is 0 Å². The fourth-order valence-electron chi connectivity index (χ4n) is 2.41. The molecule has 1 aromatic heterocycles. The lowest BCUT2D eigenvalue weighted by molar-refractivity contribution is 0.0906. The zero-order valence-electron chi connectivity index (χ0n) is 14.6. The molecule has 1 N–H and O–H groups in total. The molecule has 1 aliphatic rings. The topological polar surface area (TPSA) is 84.5 Å². The van der Waals surface area contributed by atoms with Gasteiger partial charge in [0.1, 0.15) is 24.2 Å². The highest BCUT2D eigenvalue weighted by atomic mass is 16.5. The predicted octanol–water partition coefficient (Wildman–Crippen LogP) is 3.28. The monoisotopic (exact) mass is 354 g/mol. The molecule has 0 aliphatic heterocycles. The Hall–Kier alpha value is -2.78. The molecule has 1 saturated carbocycles. The standard InChI is InChI=1S/C20H22N2O4/c21-12-16-4-1-2-5-18(16)25-14-17-8-9-19(26-17)20(23)22-10-3-11-24-13-15-6-7-15/h1-2,4-5,8-9,15H,3,6-7,10-11,13-14H2,(H,22,23). The third-order valence-corrected chi connectivity index (χ3v) is 4.06. The molecule has 136 valence electrons. The highest BCUT2D eigenvalue weighted by Gasteiger charge is 2.20. The number of amides is 1. The molecule has 0 atom stereocenters. The number of benzene rings is 1. The van der Waals surface area contributed by atoms with Crippen LogP contribution in [0.3, 0.4) is 0 Å². The van der Waals surface area contributed by atoms with E-state index in [0.29, 0.717) is 30.2 Å². The van der Waals surface area contributed by atoms with Crippen LogP contribution in [-0.2, 0) is 11.3 Å². The second-order valence-electron chi connectivity index (χ2n) is 6.29. The van der Waals surface area contributed by atoms with E-state index in [4.69, 9.17) is 19.2 Å². The normalized spacial score (nSPS) is 13.2. The van der Waals surface area contributed by atoms with E-state index < -0.39 is 0 Å². The van der Waals surface area contributed by atoms with E-state index in [2.05, 4.69) is 11.4 Å². The Kier molecular flexibility index (Phi) is 6.29. The number of carbonyl (C=O) groups excluding carboxylic acids is 1. The third-order valence-electron chi connectivity index (χ3n) is 4.06. The molecule has 0 unspecified atom stereocenters. The number of para-hydroxylation sites is 1. The van der Waals surface area contributed by atoms with Crippen LogP contribution in [0, 0.1) is 17.2 Å². The van der Waals surface area contributed by atoms with E-state index in [1.807, 2.05) is 0 Å². The minimum absolute atomic E-state index is 0.154. The van der Waals surface area contributed by atoms with Crippen molar-refractivity contribution in [2.75, 3.05) is 19.8 Å². The Bertz CT molecular complexity index is 774. The summed E-state index contributed by atoms with van der Waals surface area (Å²) in [6, 6.07) is 12.4. The molecule has 6 heteroatoms. The van der Waals surface area contributed by atoms with Gasteiger partial charge in [0.25, 0.3) is 5.91 Å². The lowest BCUT2D eigenvalue weighted by Crippen LogP contribution is -2.24. The Morgan fingerprint density at radius 1 is 1.27 bits per heavy atom. The van der Waals surface area contributed by atoms with Gasteiger partial charge in [-0.25, -0.2) is 0 Å². The van der Waals surface area contributed by atoms with Crippen molar-refractivity contribution >= 4 is 5.91 Å². The van der Waals surface area contributed by atoms with Crippen LogP contribution in [0.4, 0.5) is 0 Å². The highest BCUT2D eigenvalue weighted by molar-refractivity contribution is 5.91. The molecule has 6 nitrogen and oxygen atoms in total. The second kappa shape index (κ2) is 9.07. The first-order valence-electron chi connectivity index (χ1n) is 8.83. The van der Waals surface area contributed by atoms with Gasteiger partial charge in [-0.3, -0.25) is 4.79 Å². The molecule has 3 rings (SSSR count). The molecule has 0 bridgehead atoms. The summed E-state index contributed by atoms with van der Waals surface area (Å²) in [5.74, 6) is 1.76. The van der Waals surface area contributed by atoms with E-state index in [1.54, 1.807) is 36.4 Å². The van der Waals surface area contributed by atoms with Gasteiger partial charge in [-0.2, -0.15) is 5.26 Å². The van der Waals surface area contributed by atoms with Gasteiger partial charge in [0.05, 0.1) is 5.56 Å². The molecule has 0 spiro atoms. The second-order valence-corrected chi connectivity index (χ2v) is 6.29. The first-order chi connectivity index (χ1) is 12.8. The van der Waals surface area contributed by atoms with E-state index in [0.717, 1.165) is 18.9 Å². The maximum Gasteiger partial charge on any atom is 0.286 e. The Morgan fingerprint density at radius 3 is 2.92 bits per heavy atom. The van der Waals surface area contributed by atoms with Crippen LogP contribution in [0.1, 0.15) is 41.1 Å². The van der Waals surface area contributed by atoms with Crippen LogP contribution in [-0.4, -0.2) is 25.7 Å². The molecule has 1 amide bonds.